The van der Waals surface area contributed by atoms with Crippen LogP contribution < -0.4 is 0 Å². The molecule has 1 aliphatic rings. The van der Waals surface area contributed by atoms with Crippen molar-refractivity contribution >= 4 is 0 Å². The molecule has 0 spiro atoms. The Hall–Kier alpha value is -3.20. The van der Waals surface area contributed by atoms with E-state index in [0.717, 1.165) is 27.8 Å². The zero-order valence-electron chi connectivity index (χ0n) is 13.4. The molecule has 0 saturated heterocycles. The molecular weight excluding hydrogens is 311 g/mol. The highest BCUT2D eigenvalue weighted by atomic mass is 19.1. The zero-order valence-corrected chi connectivity index (χ0v) is 13.4. The van der Waals surface area contributed by atoms with E-state index >= 15 is 0 Å². The fourth-order valence-electron chi connectivity index (χ4n) is 4.10. The van der Waals surface area contributed by atoms with Crippen LogP contribution in [0.4, 0.5) is 4.39 Å². The zero-order chi connectivity index (χ0) is 16.9. The lowest BCUT2D eigenvalue weighted by atomic mass is 9.80. The molecule has 4 aromatic rings. The molecule has 0 bridgehead atoms. The predicted molar refractivity (Wildman–Crippen MR) is 95.8 cm³/mol. The predicted octanol–water partition coefficient (Wildman–Crippen LogP) is 4.84. The van der Waals surface area contributed by atoms with Crippen LogP contribution in [0.2, 0.25) is 0 Å². The molecule has 5 rings (SSSR count). The van der Waals surface area contributed by atoms with Gasteiger partial charge < -0.3 is 4.57 Å². The normalized spacial score (nSPS) is 18.0. The summed E-state index contributed by atoms with van der Waals surface area (Å²) in [5.41, 5.74) is 4.75. The Balaban J connectivity index is 1.99. The van der Waals surface area contributed by atoms with Crippen LogP contribution in [0.15, 0.2) is 91.5 Å². The van der Waals surface area contributed by atoms with E-state index < -0.39 is 5.54 Å². The van der Waals surface area contributed by atoms with Crippen molar-refractivity contribution in [1.29, 1.82) is 0 Å². The molecule has 0 amide bonds. The van der Waals surface area contributed by atoms with Crippen LogP contribution >= 0.6 is 0 Å². The molecule has 1 aromatic heterocycles. The van der Waals surface area contributed by atoms with Gasteiger partial charge in [-0.3, -0.25) is 0 Å². The van der Waals surface area contributed by atoms with E-state index in [1.54, 1.807) is 12.3 Å². The highest BCUT2D eigenvalue weighted by Gasteiger charge is 2.46. The Bertz CT molecular complexity index is 1050. The van der Waals surface area contributed by atoms with Crippen LogP contribution in [-0.2, 0) is 5.54 Å². The Kier molecular flexibility index (Phi) is 2.92. The van der Waals surface area contributed by atoms with Gasteiger partial charge in [0.25, 0.3) is 0 Å². The Morgan fingerprint density at radius 3 is 2.36 bits per heavy atom. The van der Waals surface area contributed by atoms with Gasteiger partial charge in [-0.05, 0) is 39.9 Å². The smallest absolute Gasteiger partial charge is 0.123 e. The highest BCUT2D eigenvalue weighted by molar-refractivity contribution is 5.83. The van der Waals surface area contributed by atoms with Crippen molar-refractivity contribution < 1.29 is 4.39 Å². The number of benzene rings is 3. The third-order valence-corrected chi connectivity index (χ3v) is 5.06. The van der Waals surface area contributed by atoms with Crippen LogP contribution in [0.5, 0.6) is 0 Å². The number of fused-ring (bicyclic) bond motifs is 3. The molecule has 1 aliphatic carbocycles. The second kappa shape index (κ2) is 5.15. The molecule has 1 heterocycles. The van der Waals surface area contributed by atoms with Crippen LogP contribution in [0.1, 0.15) is 16.7 Å². The molecule has 0 fully saturated rings. The van der Waals surface area contributed by atoms with Gasteiger partial charge in [-0.1, -0.05) is 60.7 Å². The summed E-state index contributed by atoms with van der Waals surface area (Å²) >= 11 is 0. The number of aromatic nitrogens is 2. The average molecular weight is 326 g/mol. The lowest BCUT2D eigenvalue weighted by Crippen LogP contribution is -2.34. The van der Waals surface area contributed by atoms with E-state index in [4.69, 9.17) is 0 Å². The second-order valence-electron chi connectivity index (χ2n) is 6.28. The van der Waals surface area contributed by atoms with Gasteiger partial charge in [0.1, 0.15) is 11.4 Å². The van der Waals surface area contributed by atoms with E-state index in [1.165, 1.54) is 6.07 Å². The van der Waals surface area contributed by atoms with E-state index in [1.807, 2.05) is 48.9 Å². The molecule has 1 unspecified atom stereocenters. The molecule has 120 valence electrons. The number of hydrogen-bond donors (Lipinski definition) is 0. The Morgan fingerprint density at radius 1 is 0.800 bits per heavy atom. The topological polar surface area (TPSA) is 17.8 Å². The van der Waals surface area contributed by atoms with Crippen molar-refractivity contribution in [3.63, 3.8) is 0 Å². The molecule has 0 saturated carbocycles. The standard InChI is InChI=1S/C22H15FN2/c23-17-10-11-19-18-8-4-5-9-20(18)22(21(19)14-17,25-13-12-24-15-25)16-6-2-1-3-7-16/h1-15H. The van der Waals surface area contributed by atoms with E-state index in [-0.39, 0.29) is 5.82 Å². The van der Waals surface area contributed by atoms with Gasteiger partial charge in [-0.25, -0.2) is 9.37 Å². The summed E-state index contributed by atoms with van der Waals surface area (Å²) in [6.45, 7) is 0. The quantitative estimate of drug-likeness (QED) is 0.454. The summed E-state index contributed by atoms with van der Waals surface area (Å²) in [4.78, 5) is 4.27. The maximum absolute atomic E-state index is 14.3. The second-order valence-corrected chi connectivity index (χ2v) is 6.28. The minimum Gasteiger partial charge on any atom is -0.319 e. The summed E-state index contributed by atoms with van der Waals surface area (Å²) in [5.74, 6) is -0.230. The van der Waals surface area contributed by atoms with E-state index in [0.29, 0.717) is 0 Å². The summed E-state index contributed by atoms with van der Waals surface area (Å²) in [6.07, 6.45) is 5.53. The molecule has 25 heavy (non-hydrogen) atoms. The minimum absolute atomic E-state index is 0.230. The molecule has 1 atom stereocenters. The van der Waals surface area contributed by atoms with Crippen molar-refractivity contribution in [2.75, 3.05) is 0 Å². The third-order valence-electron chi connectivity index (χ3n) is 5.06. The van der Waals surface area contributed by atoms with Gasteiger partial charge in [0.2, 0.25) is 0 Å². The average Bonchev–Trinajstić information content (AvgIpc) is 3.27. The minimum atomic E-state index is -0.619. The molecule has 0 aliphatic heterocycles. The molecule has 0 radical (unpaired) electrons. The van der Waals surface area contributed by atoms with Crippen molar-refractivity contribution in [2.24, 2.45) is 0 Å². The first-order valence-electron chi connectivity index (χ1n) is 8.25. The number of rotatable bonds is 2. The van der Waals surface area contributed by atoms with Gasteiger partial charge >= 0.3 is 0 Å². The summed E-state index contributed by atoms with van der Waals surface area (Å²) in [7, 11) is 0. The molecular formula is C22H15FN2. The van der Waals surface area contributed by atoms with Crippen molar-refractivity contribution in [3.05, 3.63) is 114 Å². The largest absolute Gasteiger partial charge is 0.319 e. The van der Waals surface area contributed by atoms with Gasteiger partial charge in [0.05, 0.1) is 6.33 Å². The fraction of sp³-hybridized carbons (Fsp3) is 0.0455. The first kappa shape index (κ1) is 14.2. The Labute approximate surface area is 145 Å². The highest BCUT2D eigenvalue weighted by Crippen LogP contribution is 2.53. The van der Waals surface area contributed by atoms with Crippen molar-refractivity contribution in [2.45, 2.75) is 5.54 Å². The maximum Gasteiger partial charge on any atom is 0.123 e. The van der Waals surface area contributed by atoms with Gasteiger partial charge in [-0.2, -0.15) is 0 Å². The van der Waals surface area contributed by atoms with E-state index in [9.17, 15) is 4.39 Å². The van der Waals surface area contributed by atoms with Gasteiger partial charge in [-0.15, -0.1) is 0 Å². The van der Waals surface area contributed by atoms with Crippen molar-refractivity contribution in [3.8, 4) is 11.1 Å². The third kappa shape index (κ3) is 1.81. The summed E-state index contributed by atoms with van der Waals surface area (Å²) < 4.78 is 16.3. The number of nitrogens with zero attached hydrogens (tertiary/aromatic N) is 2. The monoisotopic (exact) mass is 326 g/mol. The van der Waals surface area contributed by atoms with Crippen molar-refractivity contribution in [1.82, 2.24) is 9.55 Å². The first-order chi connectivity index (χ1) is 12.3. The Morgan fingerprint density at radius 2 is 1.56 bits per heavy atom. The van der Waals surface area contributed by atoms with Gasteiger partial charge in [0, 0.05) is 12.4 Å². The van der Waals surface area contributed by atoms with Crippen LogP contribution in [0.3, 0.4) is 0 Å². The van der Waals surface area contributed by atoms with E-state index in [2.05, 4.69) is 33.8 Å². The van der Waals surface area contributed by atoms with Crippen LogP contribution in [-0.4, -0.2) is 9.55 Å². The molecule has 3 heteroatoms. The molecule has 0 N–H and O–H groups in total. The number of imidazole rings is 1. The van der Waals surface area contributed by atoms with Crippen LogP contribution in [0.25, 0.3) is 11.1 Å². The van der Waals surface area contributed by atoms with Crippen LogP contribution in [0, 0.1) is 5.82 Å². The SMILES string of the molecule is Fc1ccc2c(c1)C(c1ccccc1)(n1ccnc1)c1ccccc1-2. The molecule has 3 aromatic carbocycles. The number of hydrogen-bond acceptors (Lipinski definition) is 1. The number of halogens is 1. The lowest BCUT2D eigenvalue weighted by Gasteiger charge is -2.34. The molecule has 2 nitrogen and oxygen atoms in total. The first-order valence-corrected chi connectivity index (χ1v) is 8.25. The fourth-order valence-corrected chi connectivity index (χ4v) is 4.10. The maximum atomic E-state index is 14.3. The summed E-state index contributed by atoms with van der Waals surface area (Å²) in [5, 5.41) is 0. The lowest BCUT2D eigenvalue weighted by molar-refractivity contribution is 0.521. The van der Waals surface area contributed by atoms with Gasteiger partial charge in [0.15, 0.2) is 0 Å². The summed E-state index contributed by atoms with van der Waals surface area (Å²) in [6, 6.07) is 23.6.